The molecule has 5 nitrogen and oxygen atoms in total. The van der Waals surface area contributed by atoms with E-state index in [0.717, 1.165) is 28.1 Å². The molecule has 0 atom stereocenters. The van der Waals surface area contributed by atoms with Crippen molar-refractivity contribution in [1.82, 2.24) is 9.78 Å². The van der Waals surface area contributed by atoms with Crippen LogP contribution in [0.1, 0.15) is 32.9 Å². The fraction of sp³-hybridized carbons (Fsp3) is 0.150. The minimum Gasteiger partial charge on any atom is -0.366 e. The molecule has 0 aliphatic heterocycles. The molecule has 2 aromatic carbocycles. The molecule has 0 saturated heterocycles. The highest BCUT2D eigenvalue weighted by atomic mass is 35.5. The number of benzene rings is 2. The van der Waals surface area contributed by atoms with Crippen molar-refractivity contribution in [3.63, 3.8) is 0 Å². The minimum atomic E-state index is -0.451. The van der Waals surface area contributed by atoms with Crippen LogP contribution < -0.4 is 5.73 Å². The molecule has 130 valence electrons. The van der Waals surface area contributed by atoms with Gasteiger partial charge in [-0.3, -0.25) is 9.48 Å². The second-order valence-electron chi connectivity index (χ2n) is 6.07. The maximum atomic E-state index is 11.4. The van der Waals surface area contributed by atoms with E-state index in [-0.39, 0.29) is 0 Å². The first kappa shape index (κ1) is 17.7. The molecular weight excluding hydrogens is 348 g/mol. The highest BCUT2D eigenvalue weighted by molar-refractivity contribution is 6.32. The zero-order valence-electron chi connectivity index (χ0n) is 14.5. The summed E-state index contributed by atoms with van der Waals surface area (Å²) < 4.78 is 1.89. The number of hydrogen-bond donors (Lipinski definition) is 1. The molecule has 0 bridgehead atoms. The Morgan fingerprint density at radius 3 is 2.69 bits per heavy atom. The molecule has 0 radical (unpaired) electrons. The first-order chi connectivity index (χ1) is 12.4. The van der Waals surface area contributed by atoms with Gasteiger partial charge in [-0.25, -0.2) is 0 Å². The Morgan fingerprint density at radius 2 is 2.04 bits per heavy atom. The summed E-state index contributed by atoms with van der Waals surface area (Å²) in [6.07, 6.45) is 0. The van der Waals surface area contributed by atoms with Crippen LogP contribution in [0.5, 0.6) is 0 Å². The van der Waals surface area contributed by atoms with E-state index >= 15 is 0 Å². The van der Waals surface area contributed by atoms with Gasteiger partial charge in [-0.15, -0.1) is 0 Å². The summed E-state index contributed by atoms with van der Waals surface area (Å²) in [5, 5.41) is 14.1. The van der Waals surface area contributed by atoms with Gasteiger partial charge in [0.05, 0.1) is 22.8 Å². The Balaban J connectivity index is 1.99. The van der Waals surface area contributed by atoms with Gasteiger partial charge in [0.1, 0.15) is 6.07 Å². The molecule has 0 aliphatic carbocycles. The van der Waals surface area contributed by atoms with E-state index in [2.05, 4.69) is 11.2 Å². The van der Waals surface area contributed by atoms with Gasteiger partial charge in [0.25, 0.3) is 0 Å². The molecule has 3 aromatic rings. The maximum Gasteiger partial charge on any atom is 0.248 e. The quantitative estimate of drug-likeness (QED) is 0.763. The molecule has 0 spiro atoms. The number of nitrogens with zero attached hydrogens (tertiary/aromatic N) is 3. The van der Waals surface area contributed by atoms with E-state index in [4.69, 9.17) is 22.6 Å². The van der Waals surface area contributed by atoms with Gasteiger partial charge in [0.2, 0.25) is 5.91 Å². The molecule has 1 aromatic heterocycles. The van der Waals surface area contributed by atoms with Crippen LogP contribution >= 0.6 is 11.6 Å². The maximum absolute atomic E-state index is 11.4. The first-order valence-corrected chi connectivity index (χ1v) is 8.41. The average molecular weight is 365 g/mol. The molecule has 1 heterocycles. The van der Waals surface area contributed by atoms with Crippen molar-refractivity contribution in [2.24, 2.45) is 5.73 Å². The molecule has 1 amide bonds. The second kappa shape index (κ2) is 7.03. The number of aromatic nitrogens is 2. The van der Waals surface area contributed by atoms with Crippen molar-refractivity contribution < 1.29 is 4.79 Å². The lowest BCUT2D eigenvalue weighted by atomic mass is 10.0. The van der Waals surface area contributed by atoms with Gasteiger partial charge in [-0.05, 0) is 49.2 Å². The van der Waals surface area contributed by atoms with Crippen LogP contribution in [0.25, 0.3) is 11.1 Å². The van der Waals surface area contributed by atoms with Gasteiger partial charge in [-0.1, -0.05) is 29.8 Å². The third kappa shape index (κ3) is 3.32. The van der Waals surface area contributed by atoms with Gasteiger partial charge in [0, 0.05) is 16.8 Å². The van der Waals surface area contributed by atoms with Gasteiger partial charge >= 0.3 is 0 Å². The van der Waals surface area contributed by atoms with E-state index in [0.29, 0.717) is 22.7 Å². The number of nitrogens with two attached hydrogens (primary N) is 1. The third-order valence-electron chi connectivity index (χ3n) is 4.30. The molecule has 0 aliphatic rings. The van der Waals surface area contributed by atoms with E-state index in [1.54, 1.807) is 24.3 Å². The van der Waals surface area contributed by atoms with Crippen molar-refractivity contribution in [3.05, 3.63) is 75.6 Å². The Bertz CT molecular complexity index is 1050. The molecule has 2 N–H and O–H groups in total. The van der Waals surface area contributed by atoms with Crippen LogP contribution in [0.3, 0.4) is 0 Å². The van der Waals surface area contributed by atoms with Gasteiger partial charge in [0.15, 0.2) is 0 Å². The summed E-state index contributed by atoms with van der Waals surface area (Å²) in [7, 11) is 0. The molecule has 0 unspecified atom stereocenters. The summed E-state index contributed by atoms with van der Waals surface area (Å²) in [5.41, 5.74) is 11.0. The SMILES string of the molecule is Cc1nn(Cc2cccc(C(N)=O)c2)c(C)c1-c1ccc(C#N)c(Cl)c1. The van der Waals surface area contributed by atoms with Crippen molar-refractivity contribution in [3.8, 4) is 17.2 Å². The largest absolute Gasteiger partial charge is 0.366 e. The first-order valence-electron chi connectivity index (χ1n) is 8.03. The van der Waals surface area contributed by atoms with Crippen LogP contribution in [0.2, 0.25) is 5.02 Å². The number of nitriles is 1. The van der Waals surface area contributed by atoms with Crippen molar-refractivity contribution in [2.45, 2.75) is 20.4 Å². The Hall–Kier alpha value is -3.10. The fourth-order valence-electron chi connectivity index (χ4n) is 3.03. The molecule has 0 saturated carbocycles. The average Bonchev–Trinajstić information content (AvgIpc) is 2.88. The number of carbonyl (C=O) groups excluding carboxylic acids is 1. The van der Waals surface area contributed by atoms with Crippen LogP contribution in [-0.4, -0.2) is 15.7 Å². The molecule has 3 rings (SSSR count). The molecule has 0 fully saturated rings. The van der Waals surface area contributed by atoms with E-state index in [9.17, 15) is 4.79 Å². The van der Waals surface area contributed by atoms with E-state index < -0.39 is 5.91 Å². The zero-order valence-corrected chi connectivity index (χ0v) is 15.2. The number of rotatable bonds is 4. The van der Waals surface area contributed by atoms with Crippen molar-refractivity contribution in [2.75, 3.05) is 0 Å². The molecular formula is C20H17ClN4O. The van der Waals surface area contributed by atoms with Gasteiger partial charge < -0.3 is 5.73 Å². The number of hydrogen-bond acceptors (Lipinski definition) is 3. The molecule has 6 heteroatoms. The van der Waals surface area contributed by atoms with Crippen LogP contribution in [0.15, 0.2) is 42.5 Å². The third-order valence-corrected chi connectivity index (χ3v) is 4.62. The smallest absolute Gasteiger partial charge is 0.248 e. The van der Waals surface area contributed by atoms with E-state index in [1.807, 2.05) is 36.7 Å². The standard InChI is InChI=1S/C20H17ClN4O/c1-12-19(15-6-7-17(10-22)18(21)9-15)13(2)25(24-12)11-14-4-3-5-16(8-14)20(23)26/h3-9H,11H2,1-2H3,(H2,23,26). The number of aryl methyl sites for hydroxylation is 1. The number of amides is 1. The Morgan fingerprint density at radius 1 is 1.27 bits per heavy atom. The monoisotopic (exact) mass is 364 g/mol. The topological polar surface area (TPSA) is 84.7 Å². The summed E-state index contributed by atoms with van der Waals surface area (Å²) in [6.45, 7) is 4.45. The Labute approximate surface area is 156 Å². The number of halogens is 1. The van der Waals surface area contributed by atoms with Crippen molar-refractivity contribution in [1.29, 1.82) is 5.26 Å². The van der Waals surface area contributed by atoms with Crippen LogP contribution in [-0.2, 0) is 6.54 Å². The summed E-state index contributed by atoms with van der Waals surface area (Å²) in [6, 6.07) is 14.6. The predicted molar refractivity (Wildman–Crippen MR) is 101 cm³/mol. The minimum absolute atomic E-state index is 0.422. The fourth-order valence-corrected chi connectivity index (χ4v) is 3.25. The number of primary amides is 1. The van der Waals surface area contributed by atoms with Crippen LogP contribution in [0, 0.1) is 25.2 Å². The second-order valence-corrected chi connectivity index (χ2v) is 6.48. The lowest BCUT2D eigenvalue weighted by Crippen LogP contribution is -2.12. The predicted octanol–water partition coefficient (Wildman–Crippen LogP) is 3.84. The summed E-state index contributed by atoms with van der Waals surface area (Å²) in [5.74, 6) is -0.451. The van der Waals surface area contributed by atoms with E-state index in [1.165, 1.54) is 0 Å². The van der Waals surface area contributed by atoms with Crippen molar-refractivity contribution >= 4 is 17.5 Å². The van der Waals surface area contributed by atoms with Gasteiger partial charge in [-0.2, -0.15) is 10.4 Å². The normalized spacial score (nSPS) is 10.5. The molecule has 26 heavy (non-hydrogen) atoms. The lowest BCUT2D eigenvalue weighted by Gasteiger charge is -2.08. The number of carbonyl (C=O) groups is 1. The summed E-state index contributed by atoms with van der Waals surface area (Å²) in [4.78, 5) is 11.4. The lowest BCUT2D eigenvalue weighted by molar-refractivity contribution is 0.1000. The zero-order chi connectivity index (χ0) is 18.8. The summed E-state index contributed by atoms with van der Waals surface area (Å²) >= 11 is 6.17. The highest BCUT2D eigenvalue weighted by Gasteiger charge is 2.15. The Kier molecular flexibility index (Phi) is 4.79. The highest BCUT2D eigenvalue weighted by Crippen LogP contribution is 2.30. The van der Waals surface area contributed by atoms with Crippen LogP contribution in [0.4, 0.5) is 0 Å².